The SMILES string of the molecule is C=CCC(=O)NC[C@H]1CCC[C@@H](CNC(=O)c2c(C)o[nH]c2=O)C1. The van der Waals surface area contributed by atoms with Gasteiger partial charge in [-0.2, -0.15) is 5.16 Å². The molecule has 7 heteroatoms. The summed E-state index contributed by atoms with van der Waals surface area (Å²) in [6, 6.07) is 0. The number of nitrogens with one attached hydrogen (secondary N) is 3. The second kappa shape index (κ2) is 8.52. The first-order valence-electron chi connectivity index (χ1n) is 8.35. The van der Waals surface area contributed by atoms with Crippen molar-refractivity contribution in [2.24, 2.45) is 11.8 Å². The van der Waals surface area contributed by atoms with Crippen molar-refractivity contribution in [3.8, 4) is 0 Å². The molecular formula is C17H25N3O4. The van der Waals surface area contributed by atoms with E-state index >= 15 is 0 Å². The average Bonchev–Trinajstić information content (AvgIpc) is 2.90. The fraction of sp³-hybridized carbons (Fsp3) is 0.588. The molecule has 1 aromatic heterocycles. The van der Waals surface area contributed by atoms with Crippen molar-refractivity contribution >= 4 is 11.8 Å². The van der Waals surface area contributed by atoms with Crippen LogP contribution in [-0.2, 0) is 4.79 Å². The molecule has 1 fully saturated rings. The predicted octanol–water partition coefficient (Wildman–Crippen LogP) is 1.50. The number of aromatic amines is 1. The highest BCUT2D eigenvalue weighted by Gasteiger charge is 2.24. The molecule has 0 bridgehead atoms. The summed E-state index contributed by atoms with van der Waals surface area (Å²) in [5, 5.41) is 7.91. The van der Waals surface area contributed by atoms with Gasteiger partial charge >= 0.3 is 0 Å². The third-order valence-electron chi connectivity index (χ3n) is 4.46. The van der Waals surface area contributed by atoms with Gasteiger partial charge in [-0.1, -0.05) is 12.5 Å². The zero-order valence-corrected chi connectivity index (χ0v) is 14.0. The lowest BCUT2D eigenvalue weighted by Crippen LogP contribution is -2.36. The van der Waals surface area contributed by atoms with Gasteiger partial charge in [0.25, 0.3) is 11.5 Å². The van der Waals surface area contributed by atoms with Crippen LogP contribution in [0.2, 0.25) is 0 Å². The van der Waals surface area contributed by atoms with Gasteiger partial charge in [-0.15, -0.1) is 6.58 Å². The lowest BCUT2D eigenvalue weighted by molar-refractivity contribution is -0.120. The summed E-state index contributed by atoms with van der Waals surface area (Å²) in [4.78, 5) is 35.1. The van der Waals surface area contributed by atoms with E-state index in [0.717, 1.165) is 25.7 Å². The van der Waals surface area contributed by atoms with Crippen molar-refractivity contribution in [1.82, 2.24) is 15.8 Å². The van der Waals surface area contributed by atoms with Gasteiger partial charge in [-0.25, -0.2) is 0 Å². The molecule has 0 unspecified atom stereocenters. The lowest BCUT2D eigenvalue weighted by Gasteiger charge is -2.29. The summed E-state index contributed by atoms with van der Waals surface area (Å²) in [5.74, 6) is 0.673. The van der Waals surface area contributed by atoms with E-state index in [4.69, 9.17) is 4.52 Å². The molecule has 0 spiro atoms. The summed E-state index contributed by atoms with van der Waals surface area (Å²) >= 11 is 0. The highest BCUT2D eigenvalue weighted by Crippen LogP contribution is 2.28. The molecular weight excluding hydrogens is 310 g/mol. The Labute approximate surface area is 140 Å². The quantitative estimate of drug-likeness (QED) is 0.657. The lowest BCUT2D eigenvalue weighted by atomic mass is 9.81. The van der Waals surface area contributed by atoms with Gasteiger partial charge in [0.05, 0.1) is 0 Å². The van der Waals surface area contributed by atoms with Crippen LogP contribution in [0.25, 0.3) is 0 Å². The van der Waals surface area contributed by atoms with E-state index in [1.807, 2.05) is 0 Å². The smallest absolute Gasteiger partial charge is 0.293 e. The molecule has 1 heterocycles. The first-order chi connectivity index (χ1) is 11.5. The summed E-state index contributed by atoms with van der Waals surface area (Å²) in [5.41, 5.74) is -0.463. The van der Waals surface area contributed by atoms with Crippen LogP contribution in [0.1, 0.15) is 48.2 Å². The molecule has 0 radical (unpaired) electrons. The number of hydrogen-bond acceptors (Lipinski definition) is 4. The number of aromatic nitrogens is 1. The molecule has 2 atom stereocenters. The minimum atomic E-state index is -0.503. The van der Waals surface area contributed by atoms with Crippen molar-refractivity contribution in [2.75, 3.05) is 13.1 Å². The minimum Gasteiger partial charge on any atom is -0.383 e. The van der Waals surface area contributed by atoms with Gasteiger partial charge in [-0.05, 0) is 38.0 Å². The molecule has 1 aliphatic carbocycles. The molecule has 2 rings (SSSR count). The molecule has 24 heavy (non-hydrogen) atoms. The maximum Gasteiger partial charge on any atom is 0.293 e. The maximum absolute atomic E-state index is 12.1. The molecule has 0 saturated heterocycles. The minimum absolute atomic E-state index is 0.00455. The molecule has 0 aromatic carbocycles. The van der Waals surface area contributed by atoms with Gasteiger partial charge in [-0.3, -0.25) is 14.4 Å². The number of carbonyl (C=O) groups is 2. The van der Waals surface area contributed by atoms with Crippen LogP contribution in [0.15, 0.2) is 22.0 Å². The van der Waals surface area contributed by atoms with Crippen LogP contribution in [0.4, 0.5) is 0 Å². The van der Waals surface area contributed by atoms with E-state index in [0.29, 0.717) is 37.1 Å². The van der Waals surface area contributed by atoms with Gasteiger partial charge in [0.15, 0.2) is 0 Å². The molecule has 132 valence electrons. The van der Waals surface area contributed by atoms with Gasteiger partial charge in [0.2, 0.25) is 5.91 Å². The van der Waals surface area contributed by atoms with Crippen LogP contribution in [0.3, 0.4) is 0 Å². The summed E-state index contributed by atoms with van der Waals surface area (Å²) in [6.45, 7) is 6.32. The third kappa shape index (κ3) is 4.84. The van der Waals surface area contributed by atoms with Crippen LogP contribution in [0, 0.1) is 18.8 Å². The van der Waals surface area contributed by atoms with Crippen molar-refractivity contribution < 1.29 is 14.1 Å². The van der Waals surface area contributed by atoms with Crippen molar-refractivity contribution in [3.63, 3.8) is 0 Å². The number of H-pyrrole nitrogens is 1. The molecule has 3 N–H and O–H groups in total. The fourth-order valence-electron chi connectivity index (χ4n) is 3.21. The first-order valence-corrected chi connectivity index (χ1v) is 8.35. The average molecular weight is 335 g/mol. The molecule has 1 aromatic rings. The van der Waals surface area contributed by atoms with E-state index in [-0.39, 0.29) is 11.5 Å². The highest BCUT2D eigenvalue weighted by atomic mass is 16.5. The second-order valence-corrected chi connectivity index (χ2v) is 6.37. The Morgan fingerprint density at radius 2 is 1.96 bits per heavy atom. The molecule has 7 nitrogen and oxygen atoms in total. The Kier molecular flexibility index (Phi) is 6.40. The monoisotopic (exact) mass is 335 g/mol. The normalized spacial score (nSPS) is 20.4. The first kappa shape index (κ1) is 18.0. The Bertz CT molecular complexity index is 647. The van der Waals surface area contributed by atoms with E-state index in [2.05, 4.69) is 22.4 Å². The van der Waals surface area contributed by atoms with Crippen LogP contribution in [0.5, 0.6) is 0 Å². The number of carbonyl (C=O) groups excluding carboxylic acids is 2. The number of amides is 2. The Morgan fingerprint density at radius 3 is 2.54 bits per heavy atom. The van der Waals surface area contributed by atoms with E-state index < -0.39 is 11.5 Å². The second-order valence-electron chi connectivity index (χ2n) is 6.37. The summed E-state index contributed by atoms with van der Waals surface area (Å²) in [7, 11) is 0. The number of aryl methyl sites for hydroxylation is 1. The maximum atomic E-state index is 12.1. The van der Waals surface area contributed by atoms with E-state index in [1.165, 1.54) is 0 Å². The largest absolute Gasteiger partial charge is 0.383 e. The zero-order valence-electron chi connectivity index (χ0n) is 14.0. The Balaban J connectivity index is 1.78. The van der Waals surface area contributed by atoms with Gasteiger partial charge in [0, 0.05) is 19.5 Å². The topological polar surface area (TPSA) is 104 Å². The molecule has 1 saturated carbocycles. The third-order valence-corrected chi connectivity index (χ3v) is 4.46. The zero-order chi connectivity index (χ0) is 17.5. The standard InChI is InChI=1S/C17H25N3O4/c1-3-5-14(21)18-9-12-6-4-7-13(8-12)10-19-16(22)15-11(2)24-20-17(15)23/h3,12-13H,1,4-10H2,2H3,(H,18,21)(H,19,22)(H,20,23)/t12-,13+/m0/s1. The Morgan fingerprint density at radius 1 is 1.29 bits per heavy atom. The molecule has 2 amide bonds. The summed E-state index contributed by atoms with van der Waals surface area (Å²) in [6.07, 6.45) is 6.08. The fourth-order valence-corrected chi connectivity index (χ4v) is 3.21. The van der Waals surface area contributed by atoms with Crippen molar-refractivity contribution in [1.29, 1.82) is 0 Å². The van der Waals surface area contributed by atoms with Crippen molar-refractivity contribution in [3.05, 3.63) is 34.3 Å². The van der Waals surface area contributed by atoms with Crippen molar-refractivity contribution in [2.45, 2.75) is 39.0 Å². The van der Waals surface area contributed by atoms with Crippen LogP contribution >= 0.6 is 0 Å². The molecule has 1 aliphatic rings. The number of rotatable bonds is 7. The van der Waals surface area contributed by atoms with E-state index in [1.54, 1.807) is 13.0 Å². The van der Waals surface area contributed by atoms with Gasteiger partial charge < -0.3 is 15.2 Å². The highest BCUT2D eigenvalue weighted by molar-refractivity contribution is 5.94. The Hall–Kier alpha value is -2.31. The van der Waals surface area contributed by atoms with Crippen LogP contribution < -0.4 is 16.2 Å². The van der Waals surface area contributed by atoms with Crippen LogP contribution in [-0.4, -0.2) is 30.1 Å². The molecule has 0 aliphatic heterocycles. The number of hydrogen-bond donors (Lipinski definition) is 3. The van der Waals surface area contributed by atoms with Gasteiger partial charge in [0.1, 0.15) is 11.3 Å². The van der Waals surface area contributed by atoms with E-state index in [9.17, 15) is 14.4 Å². The predicted molar refractivity (Wildman–Crippen MR) is 89.7 cm³/mol. The summed E-state index contributed by atoms with van der Waals surface area (Å²) < 4.78 is 4.85.